The first-order chi connectivity index (χ1) is 9.31. The zero-order valence-electron chi connectivity index (χ0n) is 11.2. The van der Waals surface area contributed by atoms with E-state index in [0.717, 1.165) is 23.8 Å². The second-order valence-electron chi connectivity index (χ2n) is 4.57. The zero-order valence-corrected chi connectivity index (χ0v) is 11.2. The molecule has 0 unspecified atom stereocenters. The van der Waals surface area contributed by atoms with Gasteiger partial charge in [0.05, 0.1) is 0 Å². The van der Waals surface area contributed by atoms with Gasteiger partial charge in [0.15, 0.2) is 11.6 Å². The van der Waals surface area contributed by atoms with Gasteiger partial charge < -0.3 is 11.1 Å². The summed E-state index contributed by atoms with van der Waals surface area (Å²) in [7, 11) is 0. The third-order valence-corrected chi connectivity index (χ3v) is 2.59. The summed E-state index contributed by atoms with van der Waals surface area (Å²) < 4.78 is 25.8. The number of halogens is 2. The number of rotatable bonds is 5. The van der Waals surface area contributed by atoms with Crippen molar-refractivity contribution in [1.29, 1.82) is 0 Å². The van der Waals surface area contributed by atoms with Gasteiger partial charge in [0, 0.05) is 5.56 Å². The van der Waals surface area contributed by atoms with Crippen LogP contribution in [-0.2, 0) is 4.79 Å². The Labute approximate surface area is 115 Å². The van der Waals surface area contributed by atoms with Crippen LogP contribution in [-0.4, -0.2) is 17.9 Å². The second kappa shape index (κ2) is 6.79. The molecule has 0 aliphatic carbocycles. The molecule has 3 N–H and O–H groups in total. The Bertz CT molecular complexity index is 552. The molecule has 0 aromatic heterocycles. The minimum Gasteiger partial charge on any atom is -0.368 e. The minimum atomic E-state index is -1.13. The molecular formula is C14H16F2N2O2. The molecule has 108 valence electrons. The van der Waals surface area contributed by atoms with Crippen LogP contribution in [0.25, 0.3) is 0 Å². The molecule has 0 heterocycles. The summed E-state index contributed by atoms with van der Waals surface area (Å²) in [4.78, 5) is 23.1. The third-order valence-electron chi connectivity index (χ3n) is 2.59. The van der Waals surface area contributed by atoms with Gasteiger partial charge in [0.25, 0.3) is 5.91 Å². The summed E-state index contributed by atoms with van der Waals surface area (Å²) in [5, 5.41) is 2.39. The number of carbonyl (C=O) groups excluding carboxylic acids is 2. The molecule has 0 radical (unpaired) electrons. The number of carbonyl (C=O) groups is 2. The predicted molar refractivity (Wildman–Crippen MR) is 70.9 cm³/mol. The highest BCUT2D eigenvalue weighted by Crippen LogP contribution is 2.09. The van der Waals surface area contributed by atoms with E-state index in [9.17, 15) is 18.4 Å². The zero-order chi connectivity index (χ0) is 15.3. The molecule has 1 atom stereocenters. The first-order valence-corrected chi connectivity index (χ1v) is 6.00. The second-order valence-corrected chi connectivity index (χ2v) is 4.57. The Morgan fingerprint density at radius 3 is 2.45 bits per heavy atom. The quantitative estimate of drug-likeness (QED) is 0.810. The van der Waals surface area contributed by atoms with Gasteiger partial charge in [0.1, 0.15) is 6.04 Å². The van der Waals surface area contributed by atoms with Crippen molar-refractivity contribution >= 4 is 11.8 Å². The number of allylic oxidation sites excluding steroid dienone is 1. The smallest absolute Gasteiger partial charge is 0.252 e. The molecule has 0 saturated heterocycles. The molecule has 1 aromatic carbocycles. The number of hydrogen-bond donors (Lipinski definition) is 2. The van der Waals surface area contributed by atoms with Gasteiger partial charge in [-0.1, -0.05) is 11.6 Å². The number of primary amides is 1. The van der Waals surface area contributed by atoms with E-state index in [4.69, 9.17) is 5.73 Å². The van der Waals surface area contributed by atoms with Crippen LogP contribution in [0.3, 0.4) is 0 Å². The van der Waals surface area contributed by atoms with Gasteiger partial charge in [-0.25, -0.2) is 8.78 Å². The van der Waals surface area contributed by atoms with Crippen LogP contribution in [0.4, 0.5) is 8.78 Å². The van der Waals surface area contributed by atoms with E-state index in [1.165, 1.54) is 0 Å². The van der Waals surface area contributed by atoms with Crippen LogP contribution in [0.2, 0.25) is 0 Å². The van der Waals surface area contributed by atoms with E-state index < -0.39 is 29.5 Å². The molecule has 2 amide bonds. The van der Waals surface area contributed by atoms with Gasteiger partial charge in [-0.3, -0.25) is 9.59 Å². The van der Waals surface area contributed by atoms with E-state index >= 15 is 0 Å². The van der Waals surface area contributed by atoms with Crippen molar-refractivity contribution in [1.82, 2.24) is 5.32 Å². The van der Waals surface area contributed by atoms with Gasteiger partial charge in [-0.2, -0.15) is 0 Å². The molecule has 4 nitrogen and oxygen atoms in total. The summed E-state index contributed by atoms with van der Waals surface area (Å²) in [5.41, 5.74) is 6.08. The van der Waals surface area contributed by atoms with Crippen LogP contribution in [0.1, 0.15) is 30.6 Å². The largest absolute Gasteiger partial charge is 0.368 e. The SMILES string of the molecule is CC(C)=CC[C@H](NC(=O)c1ccc(F)c(F)c1)C(N)=O. The van der Waals surface area contributed by atoms with Crippen LogP contribution in [0.15, 0.2) is 29.8 Å². The fourth-order valence-corrected chi connectivity index (χ4v) is 1.48. The third kappa shape index (κ3) is 4.46. The number of benzene rings is 1. The molecule has 0 aliphatic heterocycles. The highest BCUT2D eigenvalue weighted by Gasteiger charge is 2.18. The highest BCUT2D eigenvalue weighted by molar-refractivity contribution is 5.97. The van der Waals surface area contributed by atoms with E-state index in [1.54, 1.807) is 6.08 Å². The standard InChI is InChI=1S/C14H16F2N2O2/c1-8(2)3-6-12(13(17)19)18-14(20)9-4-5-10(15)11(16)7-9/h3-5,7,12H,6H2,1-2H3,(H2,17,19)(H,18,20)/t12-/m0/s1. The Kier molecular flexibility index (Phi) is 5.37. The van der Waals surface area contributed by atoms with Crippen LogP contribution < -0.4 is 11.1 Å². The Morgan fingerprint density at radius 1 is 1.30 bits per heavy atom. The lowest BCUT2D eigenvalue weighted by Crippen LogP contribution is -2.44. The summed E-state index contributed by atoms with van der Waals surface area (Å²) in [6, 6.07) is 1.85. The maximum atomic E-state index is 13.0. The summed E-state index contributed by atoms with van der Waals surface area (Å²) in [6.07, 6.45) is 1.99. The van der Waals surface area contributed by atoms with E-state index in [-0.39, 0.29) is 12.0 Å². The lowest BCUT2D eigenvalue weighted by Gasteiger charge is -2.14. The van der Waals surface area contributed by atoms with Crippen molar-refractivity contribution in [2.45, 2.75) is 26.3 Å². The van der Waals surface area contributed by atoms with Crippen molar-refractivity contribution in [2.24, 2.45) is 5.73 Å². The maximum Gasteiger partial charge on any atom is 0.252 e. The van der Waals surface area contributed by atoms with Crippen molar-refractivity contribution < 1.29 is 18.4 Å². The molecule has 20 heavy (non-hydrogen) atoms. The van der Waals surface area contributed by atoms with Crippen molar-refractivity contribution in [3.05, 3.63) is 47.0 Å². The van der Waals surface area contributed by atoms with Crippen molar-refractivity contribution in [3.8, 4) is 0 Å². The van der Waals surface area contributed by atoms with Crippen LogP contribution in [0.5, 0.6) is 0 Å². The van der Waals surface area contributed by atoms with Gasteiger partial charge >= 0.3 is 0 Å². The van der Waals surface area contributed by atoms with Crippen molar-refractivity contribution in [3.63, 3.8) is 0 Å². The normalized spacial score (nSPS) is 11.6. The lowest BCUT2D eigenvalue weighted by atomic mass is 10.1. The number of amides is 2. The van der Waals surface area contributed by atoms with E-state index in [1.807, 2.05) is 13.8 Å². The predicted octanol–water partition coefficient (Wildman–Crippen LogP) is 1.90. The average Bonchev–Trinajstić information content (AvgIpc) is 2.36. The highest BCUT2D eigenvalue weighted by atomic mass is 19.2. The number of hydrogen-bond acceptors (Lipinski definition) is 2. The first-order valence-electron chi connectivity index (χ1n) is 6.00. The van der Waals surface area contributed by atoms with Crippen LogP contribution >= 0.6 is 0 Å². The Morgan fingerprint density at radius 2 is 1.95 bits per heavy atom. The summed E-state index contributed by atoms with van der Waals surface area (Å²) in [5.74, 6) is -3.55. The van der Waals surface area contributed by atoms with E-state index in [2.05, 4.69) is 5.32 Å². The molecule has 6 heteroatoms. The van der Waals surface area contributed by atoms with Gasteiger partial charge in [0.2, 0.25) is 5.91 Å². The molecule has 0 aliphatic rings. The molecule has 0 bridgehead atoms. The molecule has 0 saturated carbocycles. The summed E-state index contributed by atoms with van der Waals surface area (Å²) in [6.45, 7) is 3.68. The number of nitrogens with one attached hydrogen (secondary N) is 1. The molecule has 0 fully saturated rings. The number of nitrogens with two attached hydrogens (primary N) is 1. The Hall–Kier alpha value is -2.24. The maximum absolute atomic E-state index is 13.0. The first kappa shape index (κ1) is 15.8. The fourth-order valence-electron chi connectivity index (χ4n) is 1.48. The average molecular weight is 282 g/mol. The molecular weight excluding hydrogens is 266 g/mol. The Balaban J connectivity index is 2.82. The van der Waals surface area contributed by atoms with Gasteiger partial charge in [-0.15, -0.1) is 0 Å². The summed E-state index contributed by atoms with van der Waals surface area (Å²) >= 11 is 0. The molecule has 1 aromatic rings. The van der Waals surface area contributed by atoms with Crippen LogP contribution in [0, 0.1) is 11.6 Å². The van der Waals surface area contributed by atoms with E-state index in [0.29, 0.717) is 0 Å². The van der Waals surface area contributed by atoms with Crippen molar-refractivity contribution in [2.75, 3.05) is 0 Å². The molecule has 0 spiro atoms. The fraction of sp³-hybridized carbons (Fsp3) is 0.286. The molecule has 1 rings (SSSR count). The van der Waals surface area contributed by atoms with Gasteiger partial charge in [-0.05, 0) is 38.5 Å². The topological polar surface area (TPSA) is 72.2 Å². The lowest BCUT2D eigenvalue weighted by molar-refractivity contribution is -0.119. The minimum absolute atomic E-state index is 0.0765. The monoisotopic (exact) mass is 282 g/mol.